The first-order chi connectivity index (χ1) is 9.33. The molecule has 0 saturated carbocycles. The van der Waals surface area contributed by atoms with Gasteiger partial charge in [-0.25, -0.2) is 0 Å². The summed E-state index contributed by atoms with van der Waals surface area (Å²) < 4.78 is 5.22. The van der Waals surface area contributed by atoms with Crippen molar-refractivity contribution in [3.05, 3.63) is 30.1 Å². The molecule has 4 nitrogen and oxygen atoms in total. The minimum Gasteiger partial charge on any atom is -0.376 e. The summed E-state index contributed by atoms with van der Waals surface area (Å²) in [5, 5.41) is 3.21. The second kappa shape index (κ2) is 13.2. The molecule has 0 aromatic carbocycles. The van der Waals surface area contributed by atoms with E-state index in [4.69, 9.17) is 4.74 Å². The van der Waals surface area contributed by atoms with Crippen LogP contribution in [-0.4, -0.2) is 37.1 Å². The molecule has 0 radical (unpaired) electrons. The first kappa shape index (κ1) is 17.7. The predicted octanol–water partition coefficient (Wildman–Crippen LogP) is 2.23. The largest absolute Gasteiger partial charge is 0.376 e. The van der Waals surface area contributed by atoms with Gasteiger partial charge in [0.2, 0.25) is 0 Å². The first-order valence-electron chi connectivity index (χ1n) is 6.98. The summed E-state index contributed by atoms with van der Waals surface area (Å²) in [6.07, 6.45) is 6.25. The standard InChI is InChI=1S/C8H9NO.C5H11NO.C2H6/c10-6-2-4-8-3-1-5-9-7-8;1-5-4-6-2-3-7-5;1-2/h1,3,5-7H,2,4H2;5-6H,2-4H2,1H3;1-2H3. The quantitative estimate of drug-likeness (QED) is 0.852. The molecule has 0 bridgehead atoms. The number of nitrogens with one attached hydrogen (secondary N) is 1. The third-order valence-corrected chi connectivity index (χ3v) is 2.39. The van der Waals surface area contributed by atoms with E-state index in [1.807, 2.05) is 26.0 Å². The number of aryl methyl sites for hydroxylation is 1. The lowest BCUT2D eigenvalue weighted by atomic mass is 10.2. The van der Waals surface area contributed by atoms with E-state index in [9.17, 15) is 4.79 Å². The molecule has 2 heterocycles. The summed E-state index contributed by atoms with van der Waals surface area (Å²) in [5.41, 5.74) is 1.12. The van der Waals surface area contributed by atoms with Crippen molar-refractivity contribution in [2.24, 2.45) is 0 Å². The molecule has 4 heteroatoms. The Kier molecular flexibility index (Phi) is 12.3. The highest BCUT2D eigenvalue weighted by atomic mass is 16.5. The number of rotatable bonds is 3. The Labute approximate surface area is 116 Å². The number of aldehydes is 1. The van der Waals surface area contributed by atoms with E-state index in [-0.39, 0.29) is 0 Å². The average Bonchev–Trinajstić information content (AvgIpc) is 2.50. The smallest absolute Gasteiger partial charge is 0.120 e. The van der Waals surface area contributed by atoms with Gasteiger partial charge in [-0.05, 0) is 25.0 Å². The zero-order chi connectivity index (χ0) is 14.3. The van der Waals surface area contributed by atoms with Crippen molar-refractivity contribution >= 4 is 6.29 Å². The monoisotopic (exact) mass is 266 g/mol. The van der Waals surface area contributed by atoms with Crippen LogP contribution in [0.15, 0.2) is 24.5 Å². The molecule has 0 amide bonds. The molecular formula is C15H26N2O2. The number of hydrogen-bond acceptors (Lipinski definition) is 4. The minimum atomic E-state index is 0.425. The van der Waals surface area contributed by atoms with E-state index in [1.54, 1.807) is 12.4 Å². The Morgan fingerprint density at radius 1 is 1.53 bits per heavy atom. The van der Waals surface area contributed by atoms with Crippen LogP contribution in [0.4, 0.5) is 0 Å². The van der Waals surface area contributed by atoms with Crippen molar-refractivity contribution in [3.63, 3.8) is 0 Å². The Morgan fingerprint density at radius 3 is 2.74 bits per heavy atom. The number of nitrogens with zero attached hydrogens (tertiary/aromatic N) is 1. The number of aromatic nitrogens is 1. The molecular weight excluding hydrogens is 240 g/mol. The summed E-state index contributed by atoms with van der Waals surface area (Å²) in [4.78, 5) is 13.9. The van der Waals surface area contributed by atoms with Gasteiger partial charge < -0.3 is 14.8 Å². The van der Waals surface area contributed by atoms with Gasteiger partial charge in [-0.3, -0.25) is 4.98 Å². The van der Waals surface area contributed by atoms with Crippen molar-refractivity contribution in [1.82, 2.24) is 10.3 Å². The SMILES string of the molecule is CC.CC1CNCCO1.O=CCCc1cccnc1. The molecule has 2 rings (SSSR count). The van der Waals surface area contributed by atoms with Crippen LogP contribution in [0, 0.1) is 0 Å². The fourth-order valence-electron chi connectivity index (χ4n) is 1.47. The van der Waals surface area contributed by atoms with Crippen molar-refractivity contribution in [2.45, 2.75) is 39.7 Å². The topological polar surface area (TPSA) is 51.2 Å². The van der Waals surface area contributed by atoms with Crippen molar-refractivity contribution < 1.29 is 9.53 Å². The van der Waals surface area contributed by atoms with Crippen LogP contribution in [-0.2, 0) is 16.0 Å². The second-order valence-electron chi connectivity index (χ2n) is 3.95. The lowest BCUT2D eigenvalue weighted by molar-refractivity contribution is -0.107. The maximum atomic E-state index is 9.96. The molecule has 108 valence electrons. The van der Waals surface area contributed by atoms with E-state index < -0.39 is 0 Å². The zero-order valence-electron chi connectivity index (χ0n) is 12.3. The van der Waals surface area contributed by atoms with Crippen molar-refractivity contribution in [3.8, 4) is 0 Å². The van der Waals surface area contributed by atoms with Crippen LogP contribution in [0.25, 0.3) is 0 Å². The number of morpholine rings is 1. The lowest BCUT2D eigenvalue weighted by Gasteiger charge is -2.18. The third kappa shape index (κ3) is 10.4. The Morgan fingerprint density at radius 2 is 2.32 bits per heavy atom. The van der Waals surface area contributed by atoms with Crippen LogP contribution >= 0.6 is 0 Å². The highest BCUT2D eigenvalue weighted by Crippen LogP contribution is 1.97. The summed E-state index contributed by atoms with van der Waals surface area (Å²) in [5.74, 6) is 0. The Hall–Kier alpha value is -1.26. The van der Waals surface area contributed by atoms with Gasteiger partial charge >= 0.3 is 0 Å². The highest BCUT2D eigenvalue weighted by molar-refractivity contribution is 5.49. The normalized spacial score (nSPS) is 17.3. The molecule has 19 heavy (non-hydrogen) atoms. The van der Waals surface area contributed by atoms with Gasteiger partial charge in [-0.2, -0.15) is 0 Å². The Balaban J connectivity index is 0.000000316. The van der Waals surface area contributed by atoms with E-state index in [2.05, 4.69) is 17.2 Å². The lowest BCUT2D eigenvalue weighted by Crippen LogP contribution is -2.36. The number of ether oxygens (including phenoxy) is 1. The summed E-state index contributed by atoms with van der Waals surface area (Å²) in [7, 11) is 0. The predicted molar refractivity (Wildman–Crippen MR) is 78.3 cm³/mol. The van der Waals surface area contributed by atoms with Crippen LogP contribution in [0.5, 0.6) is 0 Å². The Bertz CT molecular complexity index is 298. The van der Waals surface area contributed by atoms with E-state index in [0.717, 1.165) is 38.0 Å². The highest BCUT2D eigenvalue weighted by Gasteiger charge is 2.04. The first-order valence-corrected chi connectivity index (χ1v) is 6.98. The van der Waals surface area contributed by atoms with E-state index in [0.29, 0.717) is 12.5 Å². The molecule has 1 aliphatic rings. The fraction of sp³-hybridized carbons (Fsp3) is 0.600. The summed E-state index contributed by atoms with van der Waals surface area (Å²) in [6.45, 7) is 8.98. The molecule has 1 aromatic heterocycles. The molecule has 1 aliphatic heterocycles. The zero-order valence-corrected chi connectivity index (χ0v) is 12.3. The van der Waals surface area contributed by atoms with Crippen LogP contribution in [0.2, 0.25) is 0 Å². The minimum absolute atomic E-state index is 0.425. The van der Waals surface area contributed by atoms with Crippen molar-refractivity contribution in [1.29, 1.82) is 0 Å². The number of carbonyl (C=O) groups excluding carboxylic acids is 1. The average molecular weight is 266 g/mol. The fourth-order valence-corrected chi connectivity index (χ4v) is 1.47. The summed E-state index contributed by atoms with van der Waals surface area (Å²) in [6, 6.07) is 3.84. The molecule has 1 N–H and O–H groups in total. The maximum Gasteiger partial charge on any atom is 0.120 e. The van der Waals surface area contributed by atoms with Gasteiger partial charge in [0.1, 0.15) is 6.29 Å². The number of hydrogen-bond donors (Lipinski definition) is 1. The van der Waals surface area contributed by atoms with Crippen LogP contribution < -0.4 is 5.32 Å². The molecule has 1 unspecified atom stereocenters. The number of pyridine rings is 1. The van der Waals surface area contributed by atoms with Crippen LogP contribution in [0.1, 0.15) is 32.8 Å². The van der Waals surface area contributed by atoms with E-state index in [1.165, 1.54) is 0 Å². The molecule has 1 atom stereocenters. The van der Waals surface area contributed by atoms with Gasteiger partial charge in [0.05, 0.1) is 12.7 Å². The summed E-state index contributed by atoms with van der Waals surface area (Å²) >= 11 is 0. The van der Waals surface area contributed by atoms with Gasteiger partial charge in [-0.1, -0.05) is 19.9 Å². The maximum absolute atomic E-state index is 9.96. The van der Waals surface area contributed by atoms with Gasteiger partial charge in [0.25, 0.3) is 0 Å². The van der Waals surface area contributed by atoms with Crippen LogP contribution in [0.3, 0.4) is 0 Å². The van der Waals surface area contributed by atoms with Gasteiger partial charge in [-0.15, -0.1) is 0 Å². The number of carbonyl (C=O) groups is 1. The second-order valence-corrected chi connectivity index (χ2v) is 3.95. The van der Waals surface area contributed by atoms with E-state index >= 15 is 0 Å². The molecule has 1 aromatic rings. The molecule has 0 aliphatic carbocycles. The van der Waals surface area contributed by atoms with Gasteiger partial charge in [0.15, 0.2) is 0 Å². The molecule has 0 spiro atoms. The van der Waals surface area contributed by atoms with Crippen molar-refractivity contribution in [2.75, 3.05) is 19.7 Å². The van der Waals surface area contributed by atoms with Gasteiger partial charge in [0, 0.05) is 31.9 Å². The molecule has 1 fully saturated rings. The third-order valence-electron chi connectivity index (χ3n) is 2.39. The molecule has 1 saturated heterocycles.